The number of fused-ring (bicyclic) bond motifs is 1. The average Bonchev–Trinajstić information content (AvgIpc) is 2.62. The molecule has 2 unspecified atom stereocenters. The van der Waals surface area contributed by atoms with Crippen molar-refractivity contribution in [3.63, 3.8) is 0 Å². The number of rotatable bonds is 2. The molecule has 1 aliphatic carbocycles. The van der Waals surface area contributed by atoms with Gasteiger partial charge in [0, 0.05) is 0 Å². The van der Waals surface area contributed by atoms with Crippen molar-refractivity contribution in [3.05, 3.63) is 36.0 Å². The Morgan fingerprint density at radius 1 is 1.50 bits per heavy atom. The van der Waals surface area contributed by atoms with E-state index in [0.29, 0.717) is 5.76 Å². The number of hydrogen-bond donors (Lipinski definition) is 1. The first-order chi connectivity index (χ1) is 6.72. The quantitative estimate of drug-likeness (QED) is 0.758. The monoisotopic (exact) mass is 363 g/mol. The summed E-state index contributed by atoms with van der Waals surface area (Å²) in [6.45, 7) is 3.77. The van der Waals surface area contributed by atoms with Gasteiger partial charge in [-0.25, -0.2) is 0 Å². The van der Waals surface area contributed by atoms with Gasteiger partial charge < -0.3 is 0 Å². The molecule has 4 nitrogen and oxygen atoms in total. The second-order valence-corrected chi connectivity index (χ2v) is 3.84. The van der Waals surface area contributed by atoms with Crippen molar-refractivity contribution in [2.75, 3.05) is 6.79 Å². The van der Waals surface area contributed by atoms with Crippen LogP contribution in [-0.2, 0) is 29.1 Å². The number of ether oxygens (including phenoxy) is 2. The summed E-state index contributed by atoms with van der Waals surface area (Å²) in [6.07, 6.45) is 3.67. The summed E-state index contributed by atoms with van der Waals surface area (Å²) in [5.41, 5.74) is 0. The van der Waals surface area contributed by atoms with Gasteiger partial charge >= 0.3 is 92.5 Å². The van der Waals surface area contributed by atoms with Crippen LogP contribution in [0.3, 0.4) is 0 Å². The summed E-state index contributed by atoms with van der Waals surface area (Å²) in [4.78, 5) is 0. The van der Waals surface area contributed by atoms with E-state index in [2.05, 4.69) is 10.1 Å². The molecule has 0 spiro atoms. The summed E-state index contributed by atoms with van der Waals surface area (Å²) in [5, 5.41) is 9.38. The molecule has 0 saturated carbocycles. The molecule has 2 atom stereocenters. The molecule has 2 rings (SSSR count). The number of aliphatic hydroxyl groups excluding tert-OH is 1. The van der Waals surface area contributed by atoms with Gasteiger partial charge in [0.05, 0.1) is 0 Å². The van der Waals surface area contributed by atoms with Crippen molar-refractivity contribution in [3.8, 4) is 0 Å². The second-order valence-electron chi connectivity index (χ2n) is 3.08. The molecule has 14 heavy (non-hydrogen) atoms. The molecule has 0 radical (unpaired) electrons. The predicted octanol–water partition coefficient (Wildman–Crippen LogP) is 1.56. The number of nitrogens with zero attached hydrogens (tertiary/aromatic N) is 1. The standard InChI is InChI=1S/C9H9NO3.W/c1-5(11)6-2-8-9(3-7(6)10)13-4-12-8;/h2-3,6-7,11H,1,4H2;. The summed E-state index contributed by atoms with van der Waals surface area (Å²) < 4.78 is 14.7. The van der Waals surface area contributed by atoms with Crippen molar-refractivity contribution >= 4 is 0 Å². The van der Waals surface area contributed by atoms with Crippen molar-refractivity contribution in [1.29, 1.82) is 0 Å². The van der Waals surface area contributed by atoms with Crippen LogP contribution in [0.5, 0.6) is 0 Å². The fourth-order valence-corrected chi connectivity index (χ4v) is 2.16. The van der Waals surface area contributed by atoms with E-state index in [4.69, 9.17) is 9.47 Å². The van der Waals surface area contributed by atoms with Gasteiger partial charge in [-0.1, -0.05) is 0 Å². The van der Waals surface area contributed by atoms with Gasteiger partial charge in [0.15, 0.2) is 0 Å². The molecule has 0 aromatic carbocycles. The van der Waals surface area contributed by atoms with Crippen molar-refractivity contribution in [2.24, 2.45) is 9.41 Å². The molecule has 1 fully saturated rings. The Bertz CT molecular complexity index is 348. The summed E-state index contributed by atoms with van der Waals surface area (Å²) in [7, 11) is 0. The van der Waals surface area contributed by atoms with E-state index in [1.165, 1.54) is 0 Å². The second kappa shape index (κ2) is 3.70. The van der Waals surface area contributed by atoms with Crippen LogP contribution >= 0.6 is 0 Å². The third-order valence-corrected chi connectivity index (χ3v) is 3.07. The van der Waals surface area contributed by atoms with Gasteiger partial charge in [-0.2, -0.15) is 0 Å². The zero-order valence-corrected chi connectivity index (χ0v) is 10.3. The molecule has 0 aromatic rings. The van der Waals surface area contributed by atoms with E-state index >= 15 is 0 Å². The van der Waals surface area contributed by atoms with E-state index < -0.39 is 0 Å². The molecule has 0 amide bonds. The van der Waals surface area contributed by atoms with E-state index in [1.54, 1.807) is 0 Å². The Morgan fingerprint density at radius 2 is 2.14 bits per heavy atom. The number of hydrogen-bond acceptors (Lipinski definition) is 4. The van der Waals surface area contributed by atoms with Gasteiger partial charge in [-0.3, -0.25) is 0 Å². The molecule has 0 bridgehead atoms. The molecule has 5 heteroatoms. The first-order valence-corrected chi connectivity index (χ1v) is 5.43. The molecule has 74 valence electrons. The van der Waals surface area contributed by atoms with Gasteiger partial charge in [0.25, 0.3) is 0 Å². The van der Waals surface area contributed by atoms with E-state index in [9.17, 15) is 5.11 Å². The Kier molecular flexibility index (Phi) is 2.55. The molecule has 1 heterocycles. The summed E-state index contributed by atoms with van der Waals surface area (Å²) in [6, 6.07) is -0.0806. The predicted molar refractivity (Wildman–Crippen MR) is 44.7 cm³/mol. The van der Waals surface area contributed by atoms with Gasteiger partial charge in [0.1, 0.15) is 0 Å². The molecular weight excluding hydrogens is 354 g/mol. The van der Waals surface area contributed by atoms with Crippen LogP contribution in [0.2, 0.25) is 0 Å². The topological polar surface area (TPSA) is 51.0 Å². The van der Waals surface area contributed by atoms with Gasteiger partial charge in [-0.15, -0.1) is 0 Å². The normalized spacial score (nSPS) is 29.1. The molecule has 1 saturated heterocycles. The number of aliphatic hydroxyl groups is 1. The average molecular weight is 363 g/mol. The Hall–Kier alpha value is -0.892. The van der Waals surface area contributed by atoms with E-state index in [1.807, 2.05) is 12.2 Å². The molecule has 2 aliphatic rings. The van der Waals surface area contributed by atoms with Crippen LogP contribution < -0.4 is 0 Å². The SMILES string of the molecule is C=C(O)C1C=C2OCOC2=CC1[N]=[W]. The fraction of sp³-hybridized carbons (Fsp3) is 0.333. The first kappa shape index (κ1) is 9.66. The van der Waals surface area contributed by atoms with Crippen molar-refractivity contribution in [2.45, 2.75) is 6.04 Å². The van der Waals surface area contributed by atoms with E-state index in [0.717, 1.165) is 25.4 Å². The minimum absolute atomic E-state index is 0.0806. The fourth-order valence-electron chi connectivity index (χ4n) is 1.47. The van der Waals surface area contributed by atoms with Crippen LogP contribution in [0.4, 0.5) is 0 Å². The maximum absolute atomic E-state index is 9.38. The molecule has 1 aliphatic heterocycles. The van der Waals surface area contributed by atoms with Crippen LogP contribution in [-0.4, -0.2) is 17.9 Å². The Balaban J connectivity index is 2.33. The van der Waals surface area contributed by atoms with E-state index in [-0.39, 0.29) is 24.5 Å². The van der Waals surface area contributed by atoms with Gasteiger partial charge in [0.2, 0.25) is 0 Å². The van der Waals surface area contributed by atoms with Crippen LogP contribution in [0.25, 0.3) is 0 Å². The molecular formula is C9H9NO3W. The molecule has 0 aromatic heterocycles. The molecule has 1 N–H and O–H groups in total. The van der Waals surface area contributed by atoms with Crippen LogP contribution in [0.15, 0.2) is 39.5 Å². The first-order valence-electron chi connectivity index (χ1n) is 4.12. The summed E-state index contributed by atoms with van der Waals surface area (Å²) in [5.74, 6) is 1.32. The van der Waals surface area contributed by atoms with Gasteiger partial charge in [-0.05, 0) is 0 Å². The Morgan fingerprint density at radius 3 is 2.71 bits per heavy atom. The van der Waals surface area contributed by atoms with Crippen molar-refractivity contribution < 1.29 is 34.2 Å². The summed E-state index contributed by atoms with van der Waals surface area (Å²) >= 11 is 1.11. The van der Waals surface area contributed by atoms with Crippen molar-refractivity contribution in [1.82, 2.24) is 0 Å². The maximum atomic E-state index is 9.38. The van der Waals surface area contributed by atoms with Crippen LogP contribution in [0.1, 0.15) is 0 Å². The minimum atomic E-state index is -0.187. The van der Waals surface area contributed by atoms with Crippen LogP contribution in [0, 0.1) is 5.92 Å². The Labute approximate surface area is 92.7 Å². The third-order valence-electron chi connectivity index (χ3n) is 2.20. The zero-order valence-electron chi connectivity index (χ0n) is 7.34. The third kappa shape index (κ3) is 1.54. The zero-order chi connectivity index (χ0) is 10.1.